The van der Waals surface area contributed by atoms with Crippen LogP contribution in [0.1, 0.15) is 49.8 Å². The summed E-state index contributed by atoms with van der Waals surface area (Å²) in [4.78, 5) is 115. The smallest absolute Gasteiger partial charge is 0.328 e. The van der Waals surface area contributed by atoms with Crippen molar-refractivity contribution >= 4 is 79.8 Å². The number of aromatic nitrogens is 1. The monoisotopic (exact) mass is 1030 g/mol. The molecule has 15 N–H and O–H groups in total. The minimum Gasteiger partial charge on any atom is -0.480 e. The summed E-state index contributed by atoms with van der Waals surface area (Å²) in [5.74, 6) is -8.24. The Balaban J connectivity index is 1.57. The third-order valence-electron chi connectivity index (χ3n) is 11.8. The van der Waals surface area contributed by atoms with Crippen LogP contribution in [0.4, 0.5) is 0 Å². The zero-order chi connectivity index (χ0) is 52.3. The van der Waals surface area contributed by atoms with E-state index in [0.717, 1.165) is 45.0 Å². The molecule has 0 bridgehead atoms. The number of carboxylic acid groups (broad SMARTS) is 1. The number of amides is 7. The number of aliphatic hydroxyl groups is 2. The second-order valence-electron chi connectivity index (χ2n) is 17.5. The van der Waals surface area contributed by atoms with E-state index in [-0.39, 0.29) is 43.7 Å². The van der Waals surface area contributed by atoms with Crippen LogP contribution in [-0.2, 0) is 57.6 Å². The third-order valence-corrected chi connectivity index (χ3v) is 14.2. The van der Waals surface area contributed by atoms with Crippen LogP contribution in [0.2, 0.25) is 0 Å². The molecule has 388 valence electrons. The van der Waals surface area contributed by atoms with Gasteiger partial charge in [-0.25, -0.2) is 4.79 Å². The van der Waals surface area contributed by atoms with Crippen molar-refractivity contribution in [3.05, 3.63) is 108 Å². The van der Waals surface area contributed by atoms with Crippen LogP contribution < -0.4 is 48.7 Å². The van der Waals surface area contributed by atoms with E-state index in [0.29, 0.717) is 24.0 Å². The van der Waals surface area contributed by atoms with Gasteiger partial charge in [0.15, 0.2) is 6.04 Å². The number of hydrogen-bond acceptors (Lipinski definition) is 14. The normalized spacial score (nSPS) is 22.6. The Morgan fingerprint density at radius 1 is 0.708 bits per heavy atom. The van der Waals surface area contributed by atoms with Crippen LogP contribution in [0.15, 0.2) is 91.1 Å². The molecule has 5 rings (SSSR count). The highest BCUT2D eigenvalue weighted by Gasteiger charge is 2.37. The maximum Gasteiger partial charge on any atom is 0.328 e. The Morgan fingerprint density at radius 3 is 1.93 bits per heavy atom. The molecule has 0 spiro atoms. The molecule has 3 unspecified atom stereocenters. The number of fused-ring (bicyclic) bond motifs is 1. The number of hydrogen-bond donors (Lipinski definition) is 13. The van der Waals surface area contributed by atoms with E-state index in [1.807, 2.05) is 24.3 Å². The lowest BCUT2D eigenvalue weighted by Crippen LogP contribution is -2.62. The lowest BCUT2D eigenvalue weighted by Gasteiger charge is -2.29. The average Bonchev–Trinajstić information content (AvgIpc) is 3.76. The standard InChI is InChI=1S/C49H64N10O11S2/c1-27(60)40-48(68)57-39(47(67)59-41(28(2)61)49(69)70)26-72-71-25-38(56-42(62)33(51)21-29-13-5-3-6-14-29)46(66)54-36(22-30-15-7-4-8-16-30)44(64)55-37(23-31-24-52-34-18-10-9-17-32(31)34)45(65)53-35(43(63)58-40)19-11-12-20-50/h3-10,13-18,24,27-28,33,35-41,52,60-61H,11-12,19-23,25-26,50-51H2,1-2H3,(H,53,65)(H,54,66)(H,55,64)(H,56,62)(H,57,68)(H,58,63)(H,59,67)(H,69,70)/t27-,28-,33-,35+,36?,37-,38+,39?,40?,41+/m1/s1. The first-order valence-corrected chi connectivity index (χ1v) is 26.0. The maximum absolute atomic E-state index is 14.7. The number of rotatable bonds is 17. The highest BCUT2D eigenvalue weighted by Crippen LogP contribution is 2.24. The summed E-state index contributed by atoms with van der Waals surface area (Å²) in [5.41, 5.74) is 14.9. The second-order valence-corrected chi connectivity index (χ2v) is 20.1. The number of carbonyl (C=O) groups excluding carboxylic acids is 7. The van der Waals surface area contributed by atoms with Gasteiger partial charge in [0.1, 0.15) is 36.3 Å². The minimum atomic E-state index is -1.80. The van der Waals surface area contributed by atoms with Gasteiger partial charge in [-0.15, -0.1) is 0 Å². The summed E-state index contributed by atoms with van der Waals surface area (Å²) < 4.78 is 0. The van der Waals surface area contributed by atoms with Crippen LogP contribution in [0.5, 0.6) is 0 Å². The van der Waals surface area contributed by atoms with Crippen LogP contribution in [0, 0.1) is 0 Å². The van der Waals surface area contributed by atoms with Gasteiger partial charge in [0.25, 0.3) is 0 Å². The molecule has 1 fully saturated rings. The Bertz CT molecular complexity index is 2480. The van der Waals surface area contributed by atoms with E-state index in [1.165, 1.54) is 6.92 Å². The van der Waals surface area contributed by atoms with E-state index in [4.69, 9.17) is 11.5 Å². The van der Waals surface area contributed by atoms with Crippen LogP contribution >= 0.6 is 21.6 Å². The number of nitrogens with two attached hydrogens (primary N) is 2. The number of aliphatic carboxylic acids is 1. The number of benzene rings is 3. The summed E-state index contributed by atoms with van der Waals surface area (Å²) in [6.07, 6.45) is -0.764. The second kappa shape index (κ2) is 27.9. The predicted molar refractivity (Wildman–Crippen MR) is 273 cm³/mol. The Hall–Kier alpha value is -6.50. The number of aliphatic hydroxyl groups excluding tert-OH is 2. The van der Waals surface area contributed by atoms with Crippen molar-refractivity contribution in [2.24, 2.45) is 11.5 Å². The summed E-state index contributed by atoms with van der Waals surface area (Å²) in [5, 5.41) is 49.7. The summed E-state index contributed by atoms with van der Waals surface area (Å²) in [7, 11) is 1.91. The molecule has 3 aromatic carbocycles. The van der Waals surface area contributed by atoms with Gasteiger partial charge in [0.2, 0.25) is 41.4 Å². The topological polar surface area (TPSA) is 349 Å². The molecule has 0 saturated carbocycles. The van der Waals surface area contributed by atoms with Crippen LogP contribution in [-0.4, -0.2) is 146 Å². The van der Waals surface area contributed by atoms with E-state index in [1.54, 1.807) is 66.9 Å². The van der Waals surface area contributed by atoms with Gasteiger partial charge >= 0.3 is 5.97 Å². The lowest BCUT2D eigenvalue weighted by molar-refractivity contribution is -0.145. The predicted octanol–water partition coefficient (Wildman–Crippen LogP) is -0.713. The number of H-pyrrole nitrogens is 1. The van der Waals surface area contributed by atoms with Crippen molar-refractivity contribution in [1.29, 1.82) is 0 Å². The van der Waals surface area contributed by atoms with Crippen molar-refractivity contribution < 1.29 is 53.7 Å². The zero-order valence-electron chi connectivity index (χ0n) is 39.9. The molecule has 7 amide bonds. The SMILES string of the molecule is C[C@@H](O)C1NC(=O)[C@H](CCCCN)NC(=O)[C@@H](Cc2c[nH]c3ccccc23)NC(=O)C(Cc2ccccc2)NC(=O)[C@@H](NC(=O)[C@H](N)Cc2ccccc2)CSSCC(C(=O)N[C@H](C(=O)O)[C@@H](C)O)NC1=O. The molecule has 23 heteroatoms. The molecule has 0 aliphatic carbocycles. The molecule has 0 radical (unpaired) electrons. The number of para-hydroxylation sites is 1. The first-order valence-electron chi connectivity index (χ1n) is 23.5. The molecule has 1 aliphatic rings. The number of nitrogens with one attached hydrogen (secondary N) is 8. The third kappa shape index (κ3) is 16.8. The van der Waals surface area contributed by atoms with Gasteiger partial charge in [-0.3, -0.25) is 33.6 Å². The van der Waals surface area contributed by atoms with Gasteiger partial charge < -0.3 is 69.0 Å². The van der Waals surface area contributed by atoms with Gasteiger partial charge in [0.05, 0.1) is 18.2 Å². The molecule has 21 nitrogen and oxygen atoms in total. The highest BCUT2D eigenvalue weighted by atomic mass is 33.1. The van der Waals surface area contributed by atoms with Crippen molar-refractivity contribution in [3.63, 3.8) is 0 Å². The fourth-order valence-electron chi connectivity index (χ4n) is 7.77. The number of unbranched alkanes of at least 4 members (excludes halogenated alkanes) is 1. The lowest BCUT2D eigenvalue weighted by atomic mass is 10.0. The van der Waals surface area contributed by atoms with Crippen molar-refractivity contribution in [2.45, 2.75) is 113 Å². The molecule has 2 heterocycles. The molecular formula is C49H64N10O11S2. The fraction of sp³-hybridized carbons (Fsp3) is 0.429. The first-order chi connectivity index (χ1) is 34.4. The zero-order valence-corrected chi connectivity index (χ0v) is 41.5. The quantitative estimate of drug-likeness (QED) is 0.0459. The first kappa shape index (κ1) is 56.4. The van der Waals surface area contributed by atoms with E-state index in [2.05, 4.69) is 42.2 Å². The van der Waals surface area contributed by atoms with E-state index < -0.39 is 108 Å². The van der Waals surface area contributed by atoms with Crippen molar-refractivity contribution in [2.75, 3.05) is 18.1 Å². The molecule has 4 aromatic rings. The number of carbonyl (C=O) groups is 8. The molecule has 72 heavy (non-hydrogen) atoms. The largest absolute Gasteiger partial charge is 0.480 e. The van der Waals surface area contributed by atoms with Crippen molar-refractivity contribution in [1.82, 2.24) is 42.2 Å². The average molecular weight is 1030 g/mol. The highest BCUT2D eigenvalue weighted by molar-refractivity contribution is 8.76. The maximum atomic E-state index is 14.7. The fourth-order valence-corrected chi connectivity index (χ4v) is 10.1. The summed E-state index contributed by atoms with van der Waals surface area (Å²) in [6, 6.07) is 13.3. The van der Waals surface area contributed by atoms with E-state index in [9.17, 15) is 53.7 Å². The van der Waals surface area contributed by atoms with Crippen LogP contribution in [0.3, 0.4) is 0 Å². The molecular weight excluding hydrogens is 969 g/mol. The molecule has 10 atom stereocenters. The molecule has 1 aromatic heterocycles. The van der Waals surface area contributed by atoms with Gasteiger partial charge in [-0.2, -0.15) is 0 Å². The Labute approximate surface area is 424 Å². The summed E-state index contributed by atoms with van der Waals surface area (Å²) >= 11 is 0. The minimum absolute atomic E-state index is 0.000290. The van der Waals surface area contributed by atoms with E-state index >= 15 is 0 Å². The summed E-state index contributed by atoms with van der Waals surface area (Å²) in [6.45, 7) is 2.60. The number of aromatic amines is 1. The number of carboxylic acids is 1. The molecule has 1 saturated heterocycles. The van der Waals surface area contributed by atoms with Gasteiger partial charge in [-0.05, 0) is 68.8 Å². The van der Waals surface area contributed by atoms with Crippen molar-refractivity contribution in [3.8, 4) is 0 Å². The Morgan fingerprint density at radius 2 is 1.29 bits per heavy atom. The van der Waals surface area contributed by atoms with Gasteiger partial charge in [-0.1, -0.05) is 100 Å². The molecule has 1 aliphatic heterocycles. The van der Waals surface area contributed by atoms with Crippen LogP contribution in [0.25, 0.3) is 10.9 Å². The Kier molecular flexibility index (Phi) is 21.9. The van der Waals surface area contributed by atoms with Gasteiger partial charge in [0, 0.05) is 41.4 Å².